The molecule has 0 saturated carbocycles. The van der Waals surface area contributed by atoms with Crippen molar-refractivity contribution in [2.24, 2.45) is 5.73 Å². The first-order valence-electron chi connectivity index (χ1n) is 6.79. The van der Waals surface area contributed by atoms with E-state index in [1.807, 2.05) is 25.1 Å². The Hall–Kier alpha value is -2.41. The van der Waals surface area contributed by atoms with E-state index in [1.165, 1.54) is 4.68 Å². The van der Waals surface area contributed by atoms with E-state index in [2.05, 4.69) is 15.6 Å². The molecule has 7 nitrogen and oxygen atoms in total. The summed E-state index contributed by atoms with van der Waals surface area (Å²) in [6.07, 6.45) is 1.55. The van der Waals surface area contributed by atoms with Gasteiger partial charge in [-0.15, -0.1) is 5.10 Å². The van der Waals surface area contributed by atoms with Crippen LogP contribution in [0.15, 0.2) is 30.5 Å². The Kier molecular flexibility index (Phi) is 4.89. The van der Waals surface area contributed by atoms with Crippen LogP contribution in [0.2, 0.25) is 0 Å². The van der Waals surface area contributed by atoms with Gasteiger partial charge < -0.3 is 15.8 Å². The first kappa shape index (κ1) is 15.0. The fourth-order valence-corrected chi connectivity index (χ4v) is 1.94. The first-order chi connectivity index (χ1) is 10.2. The van der Waals surface area contributed by atoms with Crippen molar-refractivity contribution in [3.05, 3.63) is 36.2 Å². The lowest BCUT2D eigenvalue weighted by Crippen LogP contribution is -2.26. The number of nitrogens with one attached hydrogen (secondary N) is 1. The normalized spacial score (nSPS) is 12.0. The van der Waals surface area contributed by atoms with Crippen LogP contribution in [0.5, 0.6) is 5.75 Å². The van der Waals surface area contributed by atoms with E-state index in [1.54, 1.807) is 19.2 Å². The molecule has 21 heavy (non-hydrogen) atoms. The number of rotatable bonds is 6. The number of carbonyl (C=O) groups excluding carboxylic acids is 1. The molecule has 112 valence electrons. The third kappa shape index (κ3) is 3.38. The fraction of sp³-hybridized carbons (Fsp3) is 0.357. The largest absolute Gasteiger partial charge is 0.492 e. The van der Waals surface area contributed by atoms with E-state index in [9.17, 15) is 4.79 Å². The van der Waals surface area contributed by atoms with Crippen molar-refractivity contribution in [2.45, 2.75) is 26.4 Å². The van der Waals surface area contributed by atoms with Gasteiger partial charge in [-0.2, -0.15) is 0 Å². The molecule has 0 aliphatic rings. The highest BCUT2D eigenvalue weighted by Crippen LogP contribution is 2.24. The second-order valence-corrected chi connectivity index (χ2v) is 4.47. The topological polar surface area (TPSA) is 95.1 Å². The van der Waals surface area contributed by atoms with Crippen molar-refractivity contribution in [1.82, 2.24) is 15.0 Å². The first-order valence-corrected chi connectivity index (χ1v) is 6.79. The monoisotopic (exact) mass is 289 g/mol. The maximum absolute atomic E-state index is 12.3. The third-order valence-electron chi connectivity index (χ3n) is 3.05. The number of carbonyl (C=O) groups is 1. The van der Waals surface area contributed by atoms with Gasteiger partial charge in [0.25, 0.3) is 0 Å². The van der Waals surface area contributed by atoms with Crippen LogP contribution in [0, 0.1) is 0 Å². The van der Waals surface area contributed by atoms with Crippen molar-refractivity contribution in [1.29, 1.82) is 0 Å². The lowest BCUT2D eigenvalue weighted by molar-refractivity contribution is -0.119. The van der Waals surface area contributed by atoms with Gasteiger partial charge in [-0.3, -0.25) is 4.79 Å². The zero-order valence-corrected chi connectivity index (χ0v) is 12.1. The summed E-state index contributed by atoms with van der Waals surface area (Å²) < 4.78 is 7.00. The maximum atomic E-state index is 12.3. The molecule has 1 aromatic heterocycles. The second kappa shape index (κ2) is 6.85. The number of nitrogens with zero attached hydrogens (tertiary/aromatic N) is 3. The number of aromatic nitrogens is 3. The van der Waals surface area contributed by atoms with Crippen molar-refractivity contribution in [3.63, 3.8) is 0 Å². The zero-order chi connectivity index (χ0) is 15.2. The molecule has 2 aromatic rings. The summed E-state index contributed by atoms with van der Waals surface area (Å²) in [5.41, 5.74) is 6.93. The molecular weight excluding hydrogens is 270 g/mol. The average Bonchev–Trinajstić information content (AvgIpc) is 2.97. The van der Waals surface area contributed by atoms with Crippen LogP contribution in [0.4, 0.5) is 5.69 Å². The van der Waals surface area contributed by atoms with Gasteiger partial charge in [-0.25, -0.2) is 4.68 Å². The summed E-state index contributed by atoms with van der Waals surface area (Å²) in [5.74, 6) is 0.431. The number of hydrogen-bond acceptors (Lipinski definition) is 5. The Morgan fingerprint density at radius 3 is 2.95 bits per heavy atom. The SMILES string of the molecule is CCOc1ccccc1NC(=O)C(C)n1nncc1CN. The van der Waals surface area contributed by atoms with Crippen molar-refractivity contribution in [2.75, 3.05) is 11.9 Å². The fourth-order valence-electron chi connectivity index (χ4n) is 1.94. The molecule has 0 fully saturated rings. The highest BCUT2D eigenvalue weighted by atomic mass is 16.5. The van der Waals surface area contributed by atoms with Crippen molar-refractivity contribution in [3.8, 4) is 5.75 Å². The van der Waals surface area contributed by atoms with Crippen LogP contribution in [0.3, 0.4) is 0 Å². The van der Waals surface area contributed by atoms with Crippen LogP contribution < -0.4 is 15.8 Å². The summed E-state index contributed by atoms with van der Waals surface area (Å²) in [5, 5.41) is 10.5. The quantitative estimate of drug-likeness (QED) is 0.836. The number of nitrogens with two attached hydrogens (primary N) is 1. The predicted octanol–water partition coefficient (Wildman–Crippen LogP) is 1.34. The van der Waals surface area contributed by atoms with Crippen LogP contribution in [0.1, 0.15) is 25.6 Å². The Labute approximate surface area is 123 Å². The lowest BCUT2D eigenvalue weighted by Gasteiger charge is -2.16. The molecule has 0 spiro atoms. The molecule has 0 bridgehead atoms. The predicted molar refractivity (Wildman–Crippen MR) is 78.9 cm³/mol. The molecule has 0 aliphatic carbocycles. The molecule has 1 amide bonds. The third-order valence-corrected chi connectivity index (χ3v) is 3.05. The van der Waals surface area contributed by atoms with Gasteiger partial charge in [-0.1, -0.05) is 17.3 Å². The van der Waals surface area contributed by atoms with Crippen molar-refractivity contribution < 1.29 is 9.53 Å². The minimum absolute atomic E-state index is 0.206. The molecule has 1 heterocycles. The van der Waals surface area contributed by atoms with Gasteiger partial charge in [-0.05, 0) is 26.0 Å². The Bertz CT molecular complexity index is 611. The average molecular weight is 289 g/mol. The van der Waals surface area contributed by atoms with Gasteiger partial charge in [0.05, 0.1) is 24.2 Å². The molecular formula is C14H19N5O2. The minimum atomic E-state index is -0.513. The highest BCUT2D eigenvalue weighted by molar-refractivity contribution is 5.94. The van der Waals surface area contributed by atoms with E-state index >= 15 is 0 Å². The molecule has 0 saturated heterocycles. The van der Waals surface area contributed by atoms with Gasteiger partial charge in [0.15, 0.2) is 0 Å². The van der Waals surface area contributed by atoms with E-state index in [-0.39, 0.29) is 12.5 Å². The Morgan fingerprint density at radius 1 is 1.48 bits per heavy atom. The minimum Gasteiger partial charge on any atom is -0.492 e. The van der Waals surface area contributed by atoms with Gasteiger partial charge in [0.2, 0.25) is 5.91 Å². The molecule has 1 unspecified atom stereocenters. The Balaban J connectivity index is 2.14. The number of amides is 1. The number of ether oxygens (including phenoxy) is 1. The van der Waals surface area contributed by atoms with Crippen LogP contribution in [-0.2, 0) is 11.3 Å². The molecule has 0 radical (unpaired) electrons. The zero-order valence-electron chi connectivity index (χ0n) is 12.1. The number of anilines is 1. The molecule has 1 atom stereocenters. The molecule has 3 N–H and O–H groups in total. The van der Waals surface area contributed by atoms with E-state index in [0.717, 1.165) is 0 Å². The summed E-state index contributed by atoms with van der Waals surface area (Å²) >= 11 is 0. The van der Waals surface area contributed by atoms with Crippen LogP contribution in [0.25, 0.3) is 0 Å². The highest BCUT2D eigenvalue weighted by Gasteiger charge is 2.19. The summed E-state index contributed by atoms with van der Waals surface area (Å²) in [7, 11) is 0. The second-order valence-electron chi connectivity index (χ2n) is 4.47. The molecule has 7 heteroatoms. The summed E-state index contributed by atoms with van der Waals surface area (Å²) in [6, 6.07) is 6.78. The smallest absolute Gasteiger partial charge is 0.249 e. The Morgan fingerprint density at radius 2 is 2.24 bits per heavy atom. The lowest BCUT2D eigenvalue weighted by atomic mass is 10.2. The number of benzene rings is 1. The van der Waals surface area contributed by atoms with Gasteiger partial charge >= 0.3 is 0 Å². The van der Waals surface area contributed by atoms with Gasteiger partial charge in [0.1, 0.15) is 11.8 Å². The van der Waals surface area contributed by atoms with Crippen molar-refractivity contribution >= 4 is 11.6 Å². The van der Waals surface area contributed by atoms with Crippen LogP contribution >= 0.6 is 0 Å². The molecule has 1 aromatic carbocycles. The standard InChI is InChI=1S/C14H19N5O2/c1-3-21-13-7-5-4-6-12(13)17-14(20)10(2)19-11(8-15)9-16-18-19/h4-7,9-10H,3,8,15H2,1-2H3,(H,17,20). The number of hydrogen-bond donors (Lipinski definition) is 2. The number of para-hydroxylation sites is 2. The summed E-state index contributed by atoms with van der Waals surface area (Å²) in [4.78, 5) is 12.3. The molecule has 0 aliphatic heterocycles. The maximum Gasteiger partial charge on any atom is 0.249 e. The summed E-state index contributed by atoms with van der Waals surface area (Å²) in [6.45, 7) is 4.44. The van der Waals surface area contributed by atoms with E-state index in [0.29, 0.717) is 23.7 Å². The van der Waals surface area contributed by atoms with Gasteiger partial charge in [0, 0.05) is 6.54 Å². The van der Waals surface area contributed by atoms with E-state index in [4.69, 9.17) is 10.5 Å². The van der Waals surface area contributed by atoms with E-state index < -0.39 is 6.04 Å². The van der Waals surface area contributed by atoms with Crippen LogP contribution in [-0.4, -0.2) is 27.5 Å². The molecule has 2 rings (SSSR count).